The van der Waals surface area contributed by atoms with E-state index in [4.69, 9.17) is 37.9 Å². The Labute approximate surface area is 565 Å². The van der Waals surface area contributed by atoms with Gasteiger partial charge in [-0.1, -0.05) is 205 Å². The zero-order valence-electron chi connectivity index (χ0n) is 57.5. The topological polar surface area (TPSA) is 395 Å². The minimum absolute atomic E-state index is 0.215. The fourth-order valence-corrected chi connectivity index (χ4v) is 12.8. The average molecular weight is 1370 g/mol. The van der Waals surface area contributed by atoms with E-state index in [0.29, 0.717) is 12.8 Å². The summed E-state index contributed by atoms with van der Waals surface area (Å²) >= 11 is 0. The van der Waals surface area contributed by atoms with Crippen molar-refractivity contribution in [3.8, 4) is 0 Å². The molecule has 0 radical (unpaired) electrons. The van der Waals surface area contributed by atoms with Crippen LogP contribution in [0.3, 0.4) is 0 Å². The molecule has 22 atom stereocenters. The second kappa shape index (κ2) is 50.0. The molecule has 0 aliphatic carbocycles. The van der Waals surface area contributed by atoms with Crippen molar-refractivity contribution < 1.29 is 114 Å². The van der Waals surface area contributed by atoms with Crippen LogP contribution < -0.4 is 10.6 Å². The number of ether oxygens (including phenoxy) is 8. The van der Waals surface area contributed by atoms with Gasteiger partial charge < -0.3 is 115 Å². The summed E-state index contributed by atoms with van der Waals surface area (Å²) in [5, 5.41) is 148. The molecule has 0 aromatic rings. The minimum atomic E-state index is -2.10. The van der Waals surface area contributed by atoms with Crippen LogP contribution >= 0.6 is 0 Å². The summed E-state index contributed by atoms with van der Waals surface area (Å²) in [6.07, 6.45) is 12.4. The van der Waals surface area contributed by atoms with Gasteiger partial charge in [-0.15, -0.1) is 0 Å². The van der Waals surface area contributed by atoms with Crippen LogP contribution in [0, 0.1) is 0 Å². The first-order valence-corrected chi connectivity index (χ1v) is 36.6. The van der Waals surface area contributed by atoms with Gasteiger partial charge >= 0.3 is 0 Å². The van der Waals surface area contributed by atoms with Crippen LogP contribution in [0.2, 0.25) is 0 Å². The van der Waals surface area contributed by atoms with Crippen molar-refractivity contribution in [1.82, 2.24) is 10.6 Å². The molecule has 4 heterocycles. The van der Waals surface area contributed by atoms with Crippen molar-refractivity contribution in [3.63, 3.8) is 0 Å². The van der Waals surface area contributed by atoms with Gasteiger partial charge in [0.15, 0.2) is 25.2 Å². The molecule has 0 aromatic carbocycles. The first-order chi connectivity index (χ1) is 46.0. The number of amides is 2. The van der Waals surface area contributed by atoms with Gasteiger partial charge in [-0.3, -0.25) is 9.59 Å². The molecular formula is C70H128N2O23. The number of allylic oxidation sites excluding steroid dienone is 3. The zero-order valence-corrected chi connectivity index (χ0v) is 57.5. The van der Waals surface area contributed by atoms with E-state index in [0.717, 1.165) is 51.9 Å². The molecule has 4 rings (SSSR count). The summed E-state index contributed by atoms with van der Waals surface area (Å²) in [7, 11) is 0. The molecule has 0 spiro atoms. The van der Waals surface area contributed by atoms with Crippen molar-refractivity contribution in [2.75, 3.05) is 33.0 Å². The lowest BCUT2D eigenvalue weighted by Crippen LogP contribution is -2.69. The maximum absolute atomic E-state index is 13.5. The highest BCUT2D eigenvalue weighted by Crippen LogP contribution is 2.35. The summed E-state index contributed by atoms with van der Waals surface area (Å²) in [4.78, 5) is 25.5. The Morgan fingerprint density at radius 1 is 0.411 bits per heavy atom. The highest BCUT2D eigenvalue weighted by molar-refractivity contribution is 5.76. The van der Waals surface area contributed by atoms with E-state index in [1.165, 1.54) is 154 Å². The SMILES string of the molecule is CCCCCCCCC=CCCCCCCCCCCCCCCCC(=O)N[C@@H](CO[C@@H]1O[C@H](CO)[C@@H](O[C@@H]2O[C@H](CO)[C@H](O[C@H]3O[C@H](CO)[C@H](O)[C@H](O[C@@H]4O[C@H](CO)[C@H](O)[C@H](O)[C@H]4NC(C)=O)[C@H]3O)[C@H](O)[C@H]2O)[C@H](O)C1O)[C@H](O)C=CCCCCCCCCCCCCC. The molecule has 4 aliphatic rings. The molecule has 25 nitrogen and oxygen atoms in total. The van der Waals surface area contributed by atoms with E-state index in [1.54, 1.807) is 6.08 Å². The van der Waals surface area contributed by atoms with Gasteiger partial charge in [-0.2, -0.15) is 0 Å². The fourth-order valence-electron chi connectivity index (χ4n) is 12.8. The van der Waals surface area contributed by atoms with Gasteiger partial charge in [-0.25, -0.2) is 0 Å². The predicted molar refractivity (Wildman–Crippen MR) is 354 cm³/mol. The third-order valence-electron chi connectivity index (χ3n) is 18.8. The summed E-state index contributed by atoms with van der Waals surface area (Å²) in [6.45, 7) is 1.63. The number of hydrogen-bond acceptors (Lipinski definition) is 23. The van der Waals surface area contributed by atoms with Crippen molar-refractivity contribution >= 4 is 11.8 Å². The lowest BCUT2D eigenvalue weighted by molar-refractivity contribution is -0.386. The van der Waals surface area contributed by atoms with E-state index >= 15 is 0 Å². The van der Waals surface area contributed by atoms with Crippen LogP contribution in [0.15, 0.2) is 24.3 Å². The molecule has 0 aromatic heterocycles. The van der Waals surface area contributed by atoms with Gasteiger partial charge in [0.2, 0.25) is 11.8 Å². The molecule has 1 unspecified atom stereocenters. The standard InChI is InChI=1S/C70H128N2O23/c1-4-6-8-10-12-14-16-18-19-20-21-22-23-24-25-26-27-29-31-33-35-37-39-41-54(79)72-48(49(78)40-38-36-34-32-30-28-17-15-13-11-9-7-5-2)46-88-68-61(85)59(83)64(52(44-75)91-68)93-69-62(86)60(84)65(53(45-76)92-69)94-70-63(87)66(57(81)51(43-74)90-70)95-67-55(71-47(3)77)58(82)56(80)50(42-73)89-67/h18-19,38,40,48-53,55-70,73-76,78,80-87H,4-17,20-37,39,41-46H2,1-3H3,(H,71,77)(H,72,79)/t48-,49+,50+,51+,52+,53+,55+,56-,57-,58+,59+,60+,61?,62+,63+,64+,65-,66-,67-,68+,69-,70+/m0/s1. The van der Waals surface area contributed by atoms with E-state index in [9.17, 15) is 76.0 Å². The first kappa shape index (κ1) is 85.0. The second-order valence-corrected chi connectivity index (χ2v) is 26.8. The summed E-state index contributed by atoms with van der Waals surface area (Å²) in [5.74, 6) is -1.00. The molecule has 95 heavy (non-hydrogen) atoms. The smallest absolute Gasteiger partial charge is 0.220 e. The largest absolute Gasteiger partial charge is 0.394 e. The number of hydrogen-bond donors (Lipinski definition) is 15. The van der Waals surface area contributed by atoms with Gasteiger partial charge in [0, 0.05) is 13.3 Å². The third kappa shape index (κ3) is 30.8. The van der Waals surface area contributed by atoms with E-state index < -0.39 is 174 Å². The van der Waals surface area contributed by atoms with Crippen molar-refractivity contribution in [2.45, 2.75) is 374 Å². The van der Waals surface area contributed by atoms with Crippen molar-refractivity contribution in [1.29, 1.82) is 0 Å². The second-order valence-electron chi connectivity index (χ2n) is 26.8. The van der Waals surface area contributed by atoms with Crippen molar-refractivity contribution in [3.05, 3.63) is 24.3 Å². The maximum Gasteiger partial charge on any atom is 0.220 e. The van der Waals surface area contributed by atoms with Crippen LogP contribution in [0.1, 0.15) is 239 Å². The normalized spacial score (nSPS) is 32.1. The molecular weight excluding hydrogens is 1240 g/mol. The number of unbranched alkanes of at least 4 members (excludes halogenated alkanes) is 30. The minimum Gasteiger partial charge on any atom is -0.394 e. The van der Waals surface area contributed by atoms with E-state index in [-0.39, 0.29) is 12.3 Å². The van der Waals surface area contributed by atoms with E-state index in [1.807, 2.05) is 6.08 Å². The van der Waals surface area contributed by atoms with Gasteiger partial charge in [-0.05, 0) is 44.9 Å². The lowest BCUT2D eigenvalue weighted by Gasteiger charge is -2.49. The van der Waals surface area contributed by atoms with Gasteiger partial charge in [0.05, 0.1) is 45.2 Å². The highest BCUT2D eigenvalue weighted by atomic mass is 16.8. The summed E-state index contributed by atoms with van der Waals surface area (Å²) < 4.78 is 46.5. The molecule has 25 heteroatoms. The van der Waals surface area contributed by atoms with Crippen LogP contribution in [-0.4, -0.2) is 246 Å². The van der Waals surface area contributed by atoms with Gasteiger partial charge in [0.1, 0.15) is 97.6 Å². The molecule has 4 saturated heterocycles. The van der Waals surface area contributed by atoms with Gasteiger partial charge in [0.25, 0.3) is 0 Å². The van der Waals surface area contributed by atoms with Crippen LogP contribution in [0.5, 0.6) is 0 Å². The number of aliphatic hydroxyl groups excluding tert-OH is 13. The Hall–Kier alpha value is -2.42. The Kier molecular flexibility index (Phi) is 44.7. The van der Waals surface area contributed by atoms with E-state index in [2.05, 4.69) is 36.6 Å². The molecule has 2 amide bonds. The molecule has 0 saturated carbocycles. The monoisotopic (exact) mass is 1360 g/mol. The molecule has 4 fully saturated rings. The third-order valence-corrected chi connectivity index (χ3v) is 18.8. The molecule has 15 N–H and O–H groups in total. The Balaban J connectivity index is 1.28. The average Bonchev–Trinajstić information content (AvgIpc) is 0.785. The molecule has 0 bridgehead atoms. The van der Waals surface area contributed by atoms with Crippen LogP contribution in [-0.2, 0) is 47.5 Å². The number of carbonyl (C=O) groups excluding carboxylic acids is 2. The predicted octanol–water partition coefficient (Wildman–Crippen LogP) is 4.68. The number of aliphatic hydroxyl groups is 13. The highest BCUT2D eigenvalue weighted by Gasteiger charge is 2.56. The fraction of sp³-hybridized carbons (Fsp3) is 0.914. The Morgan fingerprint density at radius 2 is 0.779 bits per heavy atom. The van der Waals surface area contributed by atoms with Crippen LogP contribution in [0.25, 0.3) is 0 Å². The zero-order chi connectivity index (χ0) is 69.3. The number of nitrogens with one attached hydrogen (secondary N) is 2. The first-order valence-electron chi connectivity index (χ1n) is 36.6. The number of carbonyl (C=O) groups is 2. The number of rotatable bonds is 52. The quantitative estimate of drug-likeness (QED) is 0.0290. The Bertz CT molecular complexity index is 2010. The molecule has 556 valence electrons. The summed E-state index contributed by atoms with van der Waals surface area (Å²) in [5.41, 5.74) is 0. The Morgan fingerprint density at radius 3 is 1.23 bits per heavy atom. The lowest BCUT2D eigenvalue weighted by atomic mass is 9.95. The molecule has 4 aliphatic heterocycles. The maximum atomic E-state index is 13.5. The van der Waals surface area contributed by atoms with Crippen LogP contribution in [0.4, 0.5) is 0 Å². The summed E-state index contributed by atoms with van der Waals surface area (Å²) in [6, 6.07) is -2.53. The van der Waals surface area contributed by atoms with Crippen molar-refractivity contribution in [2.24, 2.45) is 0 Å².